The summed E-state index contributed by atoms with van der Waals surface area (Å²) in [6, 6.07) is 8.62. The van der Waals surface area contributed by atoms with Crippen molar-refractivity contribution in [1.29, 1.82) is 0 Å². The van der Waals surface area contributed by atoms with Gasteiger partial charge < -0.3 is 14.8 Å². The number of ether oxygens (including phenoxy) is 2. The lowest BCUT2D eigenvalue weighted by Gasteiger charge is -2.19. The summed E-state index contributed by atoms with van der Waals surface area (Å²) in [6.45, 7) is 3.72. The van der Waals surface area contributed by atoms with Gasteiger partial charge in [0.05, 0.1) is 27.2 Å². The summed E-state index contributed by atoms with van der Waals surface area (Å²) in [4.78, 5) is 11.7. The van der Waals surface area contributed by atoms with Crippen LogP contribution < -0.4 is 14.8 Å². The molecule has 0 aromatic heterocycles. The van der Waals surface area contributed by atoms with E-state index in [1.54, 1.807) is 32.9 Å². The van der Waals surface area contributed by atoms with Gasteiger partial charge in [0, 0.05) is 0 Å². The monoisotopic (exact) mass is 544 g/mol. The van der Waals surface area contributed by atoms with E-state index in [2.05, 4.69) is 42.5 Å². The maximum absolute atomic E-state index is 12.8. The molecular formula is C22H23BrF2N2O5S. The van der Waals surface area contributed by atoms with E-state index >= 15 is 0 Å². The predicted octanol–water partition coefficient (Wildman–Crippen LogP) is 5.04. The van der Waals surface area contributed by atoms with E-state index in [0.29, 0.717) is 0 Å². The van der Waals surface area contributed by atoms with Gasteiger partial charge in [0.2, 0.25) is 0 Å². The highest BCUT2D eigenvalue weighted by molar-refractivity contribution is 9.10. The number of alkyl halides is 2. The lowest BCUT2D eigenvalue weighted by atomic mass is 10.2. The number of amides is 1. The Hall–Kier alpha value is -2.84. The van der Waals surface area contributed by atoms with E-state index < -0.39 is 28.3 Å². The van der Waals surface area contributed by atoms with Gasteiger partial charge >= 0.3 is 12.7 Å². The van der Waals surface area contributed by atoms with Crippen molar-refractivity contribution in [3.05, 3.63) is 52.0 Å². The number of benzene rings is 2. The van der Waals surface area contributed by atoms with Crippen molar-refractivity contribution in [3.63, 3.8) is 0 Å². The van der Waals surface area contributed by atoms with Gasteiger partial charge in [-0.3, -0.25) is 4.72 Å². The van der Waals surface area contributed by atoms with E-state index in [0.717, 1.165) is 5.56 Å². The van der Waals surface area contributed by atoms with Crippen LogP contribution in [0, 0.1) is 18.8 Å². The minimum absolute atomic E-state index is 0.0163. The minimum Gasteiger partial charge on any atom is -0.444 e. The number of hydrogen-bond acceptors (Lipinski definition) is 5. The summed E-state index contributed by atoms with van der Waals surface area (Å²) in [5.41, 5.74) is 0.296. The smallest absolute Gasteiger partial charge is 0.408 e. The summed E-state index contributed by atoms with van der Waals surface area (Å²) in [5, 5.41) is 2.43. The van der Waals surface area contributed by atoms with Crippen LogP contribution in [0.3, 0.4) is 0 Å². The molecule has 0 unspecified atom stereocenters. The molecule has 0 saturated carbocycles. The van der Waals surface area contributed by atoms with Crippen molar-refractivity contribution in [1.82, 2.24) is 5.32 Å². The number of nitrogens with one attached hydrogen (secondary N) is 2. The molecule has 2 rings (SSSR count). The fraction of sp³-hybridized carbons (Fsp3) is 0.318. The first-order valence-corrected chi connectivity index (χ1v) is 11.9. The molecular weight excluding hydrogens is 522 g/mol. The zero-order valence-electron chi connectivity index (χ0n) is 18.3. The molecule has 0 saturated heterocycles. The highest BCUT2D eigenvalue weighted by Crippen LogP contribution is 2.33. The highest BCUT2D eigenvalue weighted by atomic mass is 79.9. The Balaban J connectivity index is 2.33. The first-order valence-electron chi connectivity index (χ1n) is 9.60. The van der Waals surface area contributed by atoms with Crippen molar-refractivity contribution in [2.24, 2.45) is 0 Å². The number of rotatable bonds is 6. The van der Waals surface area contributed by atoms with Gasteiger partial charge in [-0.15, -0.1) is 0 Å². The average Bonchev–Trinajstić information content (AvgIpc) is 2.66. The molecule has 1 amide bonds. The number of aryl methyl sites for hydroxylation is 1. The molecule has 0 aliphatic carbocycles. The van der Waals surface area contributed by atoms with Crippen molar-refractivity contribution in [3.8, 4) is 17.6 Å². The van der Waals surface area contributed by atoms with Gasteiger partial charge in [-0.05, 0) is 67.9 Å². The Bertz CT molecular complexity index is 1170. The van der Waals surface area contributed by atoms with Crippen LogP contribution in [0.1, 0.15) is 31.9 Å². The molecule has 0 radical (unpaired) electrons. The lowest BCUT2D eigenvalue weighted by molar-refractivity contribution is -0.0503. The molecule has 0 atom stereocenters. The second-order valence-corrected chi connectivity index (χ2v) is 10.3. The summed E-state index contributed by atoms with van der Waals surface area (Å²) in [6.07, 6.45) is -0.686. The molecule has 0 spiro atoms. The van der Waals surface area contributed by atoms with E-state index in [1.807, 2.05) is 6.92 Å². The fourth-order valence-electron chi connectivity index (χ4n) is 2.42. The quantitative estimate of drug-likeness (QED) is 0.497. The van der Waals surface area contributed by atoms with Crippen LogP contribution in [0.15, 0.2) is 45.8 Å². The van der Waals surface area contributed by atoms with E-state index in [1.165, 1.54) is 24.3 Å². The largest absolute Gasteiger partial charge is 0.444 e. The van der Waals surface area contributed by atoms with Crippen LogP contribution in [0.5, 0.6) is 5.75 Å². The molecule has 0 fully saturated rings. The van der Waals surface area contributed by atoms with Crippen LogP contribution >= 0.6 is 15.9 Å². The lowest BCUT2D eigenvalue weighted by Crippen LogP contribution is -2.32. The number of carbonyl (C=O) groups excluding carboxylic acids is 1. The Kier molecular flexibility index (Phi) is 8.69. The number of anilines is 1. The maximum Gasteiger partial charge on any atom is 0.408 e. The summed E-state index contributed by atoms with van der Waals surface area (Å²) >= 11 is 3.10. The molecule has 2 N–H and O–H groups in total. The van der Waals surface area contributed by atoms with Crippen LogP contribution in [0.4, 0.5) is 19.3 Å². The van der Waals surface area contributed by atoms with E-state index in [-0.39, 0.29) is 32.9 Å². The zero-order valence-corrected chi connectivity index (χ0v) is 20.7. The molecule has 0 aliphatic rings. The van der Waals surface area contributed by atoms with Crippen molar-refractivity contribution in [2.45, 2.75) is 44.8 Å². The van der Waals surface area contributed by atoms with E-state index in [9.17, 15) is 22.0 Å². The normalized spacial score (nSPS) is 11.4. The molecule has 0 heterocycles. The molecule has 0 bridgehead atoms. The number of halogens is 3. The number of sulfonamides is 1. The third-order valence-corrected chi connectivity index (χ3v) is 5.81. The average molecular weight is 545 g/mol. The SMILES string of the molecule is Cc1ccc(S(=O)(=O)Nc2cc(Br)c(OC(F)F)cc2C#CCNC(=O)OC(C)(C)C)cc1. The Morgan fingerprint density at radius 1 is 1.18 bits per heavy atom. The standard InChI is InChI=1S/C22H23BrF2N2O5S/c1-14-7-9-16(10-8-14)33(29,30)27-18-13-17(23)19(31-20(24)25)12-15(18)6-5-11-26-21(28)32-22(2,3)4/h7-10,12-13,20,27H,11H2,1-4H3,(H,26,28). The van der Waals surface area contributed by atoms with Gasteiger partial charge in [-0.2, -0.15) is 8.78 Å². The second-order valence-electron chi connectivity index (χ2n) is 7.78. The number of hydrogen-bond donors (Lipinski definition) is 2. The van der Waals surface area contributed by atoms with Gasteiger partial charge in [-0.1, -0.05) is 29.5 Å². The number of alkyl carbamates (subject to hydrolysis) is 1. The molecule has 33 heavy (non-hydrogen) atoms. The van der Waals surface area contributed by atoms with Crippen LogP contribution in [-0.2, 0) is 14.8 Å². The molecule has 7 nitrogen and oxygen atoms in total. The van der Waals surface area contributed by atoms with Crippen molar-refractivity contribution >= 4 is 37.7 Å². The molecule has 0 aliphatic heterocycles. The summed E-state index contributed by atoms with van der Waals surface area (Å²) in [5.74, 6) is 5.07. The minimum atomic E-state index is -3.99. The Labute approximate surface area is 200 Å². The van der Waals surface area contributed by atoms with Crippen LogP contribution in [-0.4, -0.2) is 33.3 Å². The van der Waals surface area contributed by atoms with Crippen molar-refractivity contribution < 1.29 is 31.5 Å². The Morgan fingerprint density at radius 3 is 2.39 bits per heavy atom. The van der Waals surface area contributed by atoms with E-state index in [4.69, 9.17) is 4.74 Å². The second kappa shape index (κ2) is 10.9. The topological polar surface area (TPSA) is 93.7 Å². The predicted molar refractivity (Wildman–Crippen MR) is 124 cm³/mol. The summed E-state index contributed by atoms with van der Waals surface area (Å²) in [7, 11) is -3.99. The van der Waals surface area contributed by atoms with Crippen LogP contribution in [0.25, 0.3) is 0 Å². The third-order valence-electron chi connectivity index (χ3n) is 3.81. The van der Waals surface area contributed by atoms with Crippen molar-refractivity contribution in [2.75, 3.05) is 11.3 Å². The highest BCUT2D eigenvalue weighted by Gasteiger charge is 2.19. The molecule has 2 aromatic carbocycles. The van der Waals surface area contributed by atoms with Gasteiger partial charge in [0.25, 0.3) is 10.0 Å². The molecule has 11 heteroatoms. The first kappa shape index (κ1) is 26.4. The van der Waals surface area contributed by atoms with Gasteiger partial charge in [-0.25, -0.2) is 13.2 Å². The first-order chi connectivity index (χ1) is 15.3. The third kappa shape index (κ3) is 8.55. The van der Waals surface area contributed by atoms with Gasteiger partial charge in [0.1, 0.15) is 11.4 Å². The number of carbonyl (C=O) groups is 1. The summed E-state index contributed by atoms with van der Waals surface area (Å²) < 4.78 is 63.1. The fourth-order valence-corrected chi connectivity index (χ4v) is 3.93. The zero-order chi connectivity index (χ0) is 24.8. The molecule has 2 aromatic rings. The molecule has 178 valence electrons. The van der Waals surface area contributed by atoms with Crippen LogP contribution in [0.2, 0.25) is 0 Å². The van der Waals surface area contributed by atoms with Gasteiger partial charge in [0.15, 0.2) is 0 Å². The Morgan fingerprint density at radius 2 is 1.82 bits per heavy atom. The maximum atomic E-state index is 12.8.